The highest BCUT2D eigenvalue weighted by Gasteiger charge is 2.49. The Morgan fingerprint density at radius 3 is 2.59 bits per heavy atom. The molecule has 0 saturated carbocycles. The van der Waals surface area contributed by atoms with Crippen molar-refractivity contribution in [2.45, 2.75) is 18.2 Å². The highest BCUT2D eigenvalue weighted by Crippen LogP contribution is 2.41. The lowest BCUT2D eigenvalue weighted by Gasteiger charge is -2.24. The van der Waals surface area contributed by atoms with Crippen LogP contribution in [0.4, 0.5) is 5.69 Å². The number of aliphatic imine (C=N–C) groups is 1. The van der Waals surface area contributed by atoms with E-state index in [0.29, 0.717) is 5.17 Å². The van der Waals surface area contributed by atoms with Crippen molar-refractivity contribution in [3.63, 3.8) is 0 Å². The Kier molecular flexibility index (Phi) is 3.90. The van der Waals surface area contributed by atoms with Gasteiger partial charge in [0.25, 0.3) is 0 Å². The Balaban J connectivity index is 2.00. The molecule has 8 heteroatoms. The van der Waals surface area contributed by atoms with Crippen LogP contribution in [-0.4, -0.2) is 49.4 Å². The zero-order valence-corrected chi connectivity index (χ0v) is 13.9. The minimum atomic E-state index is -3.04. The second-order valence-electron chi connectivity index (χ2n) is 5.28. The normalized spacial score (nSPS) is 27.9. The second kappa shape index (κ2) is 5.58. The number of anilines is 1. The van der Waals surface area contributed by atoms with Gasteiger partial charge < -0.3 is 9.64 Å². The fourth-order valence-electron chi connectivity index (χ4n) is 2.74. The zero-order valence-electron chi connectivity index (χ0n) is 12.2. The van der Waals surface area contributed by atoms with Crippen LogP contribution in [0.2, 0.25) is 0 Å². The van der Waals surface area contributed by atoms with Crippen molar-refractivity contribution in [1.29, 1.82) is 0 Å². The Hall–Kier alpha value is -1.54. The maximum atomic E-state index is 11.9. The number of sulfone groups is 1. The molecule has 2 atom stereocenters. The Labute approximate surface area is 133 Å². The van der Waals surface area contributed by atoms with Gasteiger partial charge in [-0.15, -0.1) is 0 Å². The number of fused-ring (bicyclic) bond motifs is 1. The molecule has 0 aliphatic carbocycles. The third kappa shape index (κ3) is 2.85. The summed E-state index contributed by atoms with van der Waals surface area (Å²) in [6.45, 7) is 1.39. The van der Waals surface area contributed by atoms with Gasteiger partial charge in [0.1, 0.15) is 5.75 Å². The average molecular weight is 340 g/mol. The molecule has 0 spiro atoms. The molecule has 0 radical (unpaired) electrons. The number of hydrogen-bond donors (Lipinski definition) is 0. The maximum absolute atomic E-state index is 11.9. The Morgan fingerprint density at radius 2 is 2.00 bits per heavy atom. The molecule has 2 heterocycles. The Bertz CT molecular complexity index is 728. The molecule has 0 unspecified atom stereocenters. The van der Waals surface area contributed by atoms with Gasteiger partial charge in [-0.05, 0) is 24.3 Å². The van der Waals surface area contributed by atoms with Crippen molar-refractivity contribution >= 4 is 38.4 Å². The summed E-state index contributed by atoms with van der Waals surface area (Å²) in [5.74, 6) is 0.652. The van der Waals surface area contributed by atoms with Crippen LogP contribution >= 0.6 is 11.8 Å². The summed E-state index contributed by atoms with van der Waals surface area (Å²) in [5, 5.41) is 0.493. The van der Waals surface area contributed by atoms with E-state index in [2.05, 4.69) is 4.99 Å². The van der Waals surface area contributed by atoms with Crippen molar-refractivity contribution in [1.82, 2.24) is 0 Å². The van der Waals surface area contributed by atoms with Crippen molar-refractivity contribution in [2.24, 2.45) is 4.99 Å². The molecule has 118 valence electrons. The van der Waals surface area contributed by atoms with E-state index in [4.69, 9.17) is 4.74 Å². The molecule has 2 fully saturated rings. The predicted octanol–water partition coefficient (Wildman–Crippen LogP) is 1.32. The SMILES string of the molecule is COc1ccc(N2C(=NC(C)=O)S[C@@H]3CS(=O)(=O)C[C@H]32)cc1. The van der Waals surface area contributed by atoms with Gasteiger partial charge >= 0.3 is 0 Å². The summed E-state index contributed by atoms with van der Waals surface area (Å²) < 4.78 is 28.9. The van der Waals surface area contributed by atoms with E-state index in [0.717, 1.165) is 11.4 Å². The van der Waals surface area contributed by atoms with E-state index in [9.17, 15) is 13.2 Å². The number of thioether (sulfide) groups is 1. The van der Waals surface area contributed by atoms with Gasteiger partial charge in [-0.2, -0.15) is 4.99 Å². The number of amidine groups is 1. The minimum absolute atomic E-state index is 0.0785. The fourth-order valence-corrected chi connectivity index (χ4v) is 6.70. The predicted molar refractivity (Wildman–Crippen MR) is 87.4 cm³/mol. The molecular formula is C14H16N2O4S2. The molecular weight excluding hydrogens is 324 g/mol. The number of carbonyl (C=O) groups excluding carboxylic acids is 1. The number of amides is 1. The summed E-state index contributed by atoms with van der Waals surface area (Å²) in [4.78, 5) is 17.3. The van der Waals surface area contributed by atoms with Crippen LogP contribution in [-0.2, 0) is 14.6 Å². The molecule has 1 amide bonds. The lowest BCUT2D eigenvalue weighted by atomic mass is 10.2. The highest BCUT2D eigenvalue weighted by atomic mass is 32.2. The third-order valence-electron chi connectivity index (χ3n) is 3.67. The first kappa shape index (κ1) is 15.4. The van der Waals surface area contributed by atoms with E-state index >= 15 is 0 Å². The van der Waals surface area contributed by atoms with Crippen LogP contribution in [0.25, 0.3) is 0 Å². The molecule has 22 heavy (non-hydrogen) atoms. The first-order chi connectivity index (χ1) is 10.4. The highest BCUT2D eigenvalue weighted by molar-refractivity contribution is 8.16. The van der Waals surface area contributed by atoms with Gasteiger partial charge in [0.15, 0.2) is 15.0 Å². The fraction of sp³-hybridized carbons (Fsp3) is 0.429. The number of hydrogen-bond acceptors (Lipinski definition) is 5. The molecule has 2 aliphatic rings. The second-order valence-corrected chi connectivity index (χ2v) is 8.64. The third-order valence-corrected chi connectivity index (χ3v) is 6.88. The molecule has 0 bridgehead atoms. The van der Waals surface area contributed by atoms with Crippen LogP contribution < -0.4 is 9.64 Å². The van der Waals surface area contributed by atoms with Crippen LogP contribution in [0.1, 0.15) is 6.92 Å². The quantitative estimate of drug-likeness (QED) is 0.808. The standard InChI is InChI=1S/C14H16N2O4S2/c1-9(17)15-14-16(10-3-5-11(20-2)6-4-10)12-7-22(18,19)8-13(12)21-14/h3-6,12-13H,7-8H2,1-2H3/t12-,13-/m1/s1. The molecule has 2 aliphatic heterocycles. The Morgan fingerprint density at radius 1 is 1.32 bits per heavy atom. The number of rotatable bonds is 2. The number of carbonyl (C=O) groups is 1. The van der Waals surface area contributed by atoms with Crippen molar-refractivity contribution < 1.29 is 17.9 Å². The lowest BCUT2D eigenvalue weighted by molar-refractivity contribution is -0.115. The van der Waals surface area contributed by atoms with Crippen molar-refractivity contribution in [3.05, 3.63) is 24.3 Å². The van der Waals surface area contributed by atoms with E-state index in [1.165, 1.54) is 18.7 Å². The smallest absolute Gasteiger partial charge is 0.244 e. The molecule has 6 nitrogen and oxygen atoms in total. The average Bonchev–Trinajstić information content (AvgIpc) is 2.89. The summed E-state index contributed by atoms with van der Waals surface area (Å²) in [6, 6.07) is 7.14. The summed E-state index contributed by atoms with van der Waals surface area (Å²) in [7, 11) is -1.45. The van der Waals surface area contributed by atoms with Crippen LogP contribution in [0.3, 0.4) is 0 Å². The van der Waals surface area contributed by atoms with Crippen molar-refractivity contribution in [2.75, 3.05) is 23.5 Å². The maximum Gasteiger partial charge on any atom is 0.244 e. The van der Waals surface area contributed by atoms with Gasteiger partial charge in [-0.3, -0.25) is 4.79 Å². The van der Waals surface area contributed by atoms with Crippen molar-refractivity contribution in [3.8, 4) is 5.75 Å². The lowest BCUT2D eigenvalue weighted by Crippen LogP contribution is -2.37. The van der Waals surface area contributed by atoms with E-state index in [1.807, 2.05) is 29.2 Å². The molecule has 1 aromatic rings. The molecule has 2 saturated heterocycles. The monoisotopic (exact) mass is 340 g/mol. The van der Waals surface area contributed by atoms with Gasteiger partial charge in [0.2, 0.25) is 5.91 Å². The number of ether oxygens (including phenoxy) is 1. The van der Waals surface area contributed by atoms with Gasteiger partial charge in [0.05, 0.1) is 24.7 Å². The van der Waals surface area contributed by atoms with E-state index in [-0.39, 0.29) is 28.7 Å². The van der Waals surface area contributed by atoms with Crippen LogP contribution in [0.5, 0.6) is 5.75 Å². The van der Waals surface area contributed by atoms with Crippen LogP contribution in [0, 0.1) is 0 Å². The summed E-state index contributed by atoms with van der Waals surface area (Å²) in [6.07, 6.45) is 0. The van der Waals surface area contributed by atoms with Crippen LogP contribution in [0.15, 0.2) is 29.3 Å². The topological polar surface area (TPSA) is 76.0 Å². The zero-order chi connectivity index (χ0) is 15.9. The first-order valence-corrected chi connectivity index (χ1v) is 9.49. The van der Waals surface area contributed by atoms with E-state index < -0.39 is 9.84 Å². The van der Waals surface area contributed by atoms with Gasteiger partial charge in [0, 0.05) is 17.9 Å². The van der Waals surface area contributed by atoms with Gasteiger partial charge in [-0.25, -0.2) is 8.42 Å². The molecule has 3 rings (SSSR count). The summed E-state index contributed by atoms with van der Waals surface area (Å²) in [5.41, 5.74) is 0.818. The molecule has 1 aromatic carbocycles. The molecule has 0 N–H and O–H groups in total. The van der Waals surface area contributed by atoms with Gasteiger partial charge in [-0.1, -0.05) is 11.8 Å². The van der Waals surface area contributed by atoms with E-state index in [1.54, 1.807) is 7.11 Å². The number of nitrogens with zero attached hydrogens (tertiary/aromatic N) is 2. The largest absolute Gasteiger partial charge is 0.497 e. The number of methoxy groups -OCH3 is 1. The molecule has 0 aromatic heterocycles. The minimum Gasteiger partial charge on any atom is -0.497 e. The number of benzene rings is 1. The summed E-state index contributed by atoms with van der Waals surface area (Å²) >= 11 is 1.37. The first-order valence-electron chi connectivity index (χ1n) is 6.79.